The molecule has 1 aliphatic rings. The Bertz CT molecular complexity index is 408. The van der Waals surface area contributed by atoms with Gasteiger partial charge in [0.2, 0.25) is 0 Å². The summed E-state index contributed by atoms with van der Waals surface area (Å²) < 4.78 is 0. The maximum Gasteiger partial charge on any atom is 0.407 e. The lowest BCUT2D eigenvalue weighted by Crippen LogP contribution is -2.34. The van der Waals surface area contributed by atoms with Crippen molar-refractivity contribution in [3.63, 3.8) is 0 Å². The summed E-state index contributed by atoms with van der Waals surface area (Å²) in [7, 11) is 0. The van der Waals surface area contributed by atoms with Crippen LogP contribution in [-0.2, 0) is 0 Å². The van der Waals surface area contributed by atoms with Crippen LogP contribution in [0.2, 0.25) is 0 Å². The largest absolute Gasteiger partial charge is 0.465 e. The lowest BCUT2D eigenvalue weighted by molar-refractivity contribution is 0.146. The Morgan fingerprint density at radius 2 is 2.05 bits per heavy atom. The fourth-order valence-corrected chi connectivity index (χ4v) is 2.65. The van der Waals surface area contributed by atoms with Gasteiger partial charge in [-0.15, -0.1) is 0 Å². The van der Waals surface area contributed by atoms with Gasteiger partial charge in [0.1, 0.15) is 0 Å². The number of hydrogen-bond acceptors (Lipinski definition) is 2. The number of likely N-dealkylation sites (tertiary alicyclic amines) is 1. The lowest BCUT2D eigenvalue weighted by Gasteiger charge is -2.22. The Morgan fingerprint density at radius 1 is 1.32 bits per heavy atom. The van der Waals surface area contributed by atoms with E-state index in [1.54, 1.807) is 0 Å². The van der Waals surface area contributed by atoms with Crippen molar-refractivity contribution >= 4 is 6.09 Å². The second kappa shape index (κ2) is 6.57. The molecule has 2 N–H and O–H groups in total. The zero-order valence-corrected chi connectivity index (χ0v) is 11.4. The smallest absolute Gasteiger partial charge is 0.407 e. The minimum absolute atomic E-state index is 0.308. The fraction of sp³-hybridized carbons (Fsp3) is 0.533. The number of benzene rings is 1. The first kappa shape index (κ1) is 13.9. The number of carboxylic acid groups (broad SMARTS) is 1. The van der Waals surface area contributed by atoms with Gasteiger partial charge in [-0.05, 0) is 31.7 Å². The third-order valence-corrected chi connectivity index (χ3v) is 3.78. The van der Waals surface area contributed by atoms with E-state index in [9.17, 15) is 4.79 Å². The summed E-state index contributed by atoms with van der Waals surface area (Å²) in [6.45, 7) is 3.46. The van der Waals surface area contributed by atoms with Gasteiger partial charge in [0, 0.05) is 25.2 Å². The molecule has 19 heavy (non-hydrogen) atoms. The maximum absolute atomic E-state index is 11.0. The van der Waals surface area contributed by atoms with Crippen molar-refractivity contribution < 1.29 is 9.90 Å². The van der Waals surface area contributed by atoms with E-state index < -0.39 is 6.09 Å². The first-order chi connectivity index (χ1) is 9.16. The Hall–Kier alpha value is -1.55. The van der Waals surface area contributed by atoms with Crippen LogP contribution < -0.4 is 5.32 Å². The van der Waals surface area contributed by atoms with E-state index >= 15 is 0 Å². The topological polar surface area (TPSA) is 52.6 Å². The van der Waals surface area contributed by atoms with Gasteiger partial charge in [0.05, 0.1) is 0 Å². The average Bonchev–Trinajstić information content (AvgIpc) is 2.65. The molecule has 0 bridgehead atoms. The second-order valence-corrected chi connectivity index (χ2v) is 5.20. The van der Waals surface area contributed by atoms with Gasteiger partial charge in [-0.3, -0.25) is 0 Å². The van der Waals surface area contributed by atoms with Crippen LogP contribution in [0.3, 0.4) is 0 Å². The van der Waals surface area contributed by atoms with Crippen LogP contribution in [0.15, 0.2) is 30.3 Å². The first-order valence-electron chi connectivity index (χ1n) is 6.95. The molecule has 1 aliphatic heterocycles. The third kappa shape index (κ3) is 3.96. The van der Waals surface area contributed by atoms with Crippen LogP contribution in [0.5, 0.6) is 0 Å². The minimum Gasteiger partial charge on any atom is -0.465 e. The Labute approximate surface area is 114 Å². The van der Waals surface area contributed by atoms with Crippen molar-refractivity contribution in [3.8, 4) is 0 Å². The molecule has 1 aromatic rings. The summed E-state index contributed by atoms with van der Waals surface area (Å²) in [6.07, 6.45) is 2.08. The average molecular weight is 262 g/mol. The van der Waals surface area contributed by atoms with Crippen LogP contribution in [0.1, 0.15) is 37.8 Å². The van der Waals surface area contributed by atoms with Gasteiger partial charge in [-0.25, -0.2) is 4.79 Å². The molecule has 1 heterocycles. The summed E-state index contributed by atoms with van der Waals surface area (Å²) in [6, 6.07) is 11.1. The third-order valence-electron chi connectivity index (χ3n) is 3.78. The van der Waals surface area contributed by atoms with E-state index in [0.717, 1.165) is 19.3 Å². The molecule has 1 aromatic carbocycles. The number of hydrogen-bond donors (Lipinski definition) is 2. The predicted molar refractivity (Wildman–Crippen MR) is 75.2 cm³/mol. The monoisotopic (exact) mass is 262 g/mol. The van der Waals surface area contributed by atoms with Gasteiger partial charge >= 0.3 is 6.09 Å². The Balaban J connectivity index is 1.88. The molecular formula is C15H22N2O2. The molecule has 104 valence electrons. The summed E-state index contributed by atoms with van der Waals surface area (Å²) in [5, 5.41) is 12.6. The van der Waals surface area contributed by atoms with Crippen LogP contribution in [-0.4, -0.2) is 35.2 Å². The molecule has 0 aromatic heterocycles. The van der Waals surface area contributed by atoms with Crippen molar-refractivity contribution in [1.29, 1.82) is 0 Å². The van der Waals surface area contributed by atoms with Crippen molar-refractivity contribution in [3.05, 3.63) is 35.9 Å². The molecule has 0 saturated carbocycles. The fourth-order valence-electron chi connectivity index (χ4n) is 2.65. The Morgan fingerprint density at radius 3 is 2.74 bits per heavy atom. The summed E-state index contributed by atoms with van der Waals surface area (Å²) in [5.74, 6) is 0. The SMILES string of the molecule is C[C@@H](NC1CCCN(C(=O)O)CC1)c1ccccc1. The van der Waals surface area contributed by atoms with Gasteiger partial charge in [-0.1, -0.05) is 30.3 Å². The number of nitrogens with one attached hydrogen (secondary N) is 1. The van der Waals surface area contributed by atoms with Gasteiger partial charge in [0.15, 0.2) is 0 Å². The summed E-state index contributed by atoms with van der Waals surface area (Å²) in [5.41, 5.74) is 1.28. The summed E-state index contributed by atoms with van der Waals surface area (Å²) >= 11 is 0. The zero-order chi connectivity index (χ0) is 13.7. The highest BCUT2D eigenvalue weighted by Crippen LogP contribution is 2.17. The van der Waals surface area contributed by atoms with Crippen LogP contribution >= 0.6 is 0 Å². The van der Waals surface area contributed by atoms with Crippen molar-refractivity contribution in [2.24, 2.45) is 0 Å². The highest BCUT2D eigenvalue weighted by Gasteiger charge is 2.21. The number of nitrogens with zero attached hydrogens (tertiary/aromatic N) is 1. The molecule has 0 spiro atoms. The molecule has 1 unspecified atom stereocenters. The van der Waals surface area contributed by atoms with E-state index in [2.05, 4.69) is 24.4 Å². The molecule has 4 nitrogen and oxygen atoms in total. The molecule has 2 atom stereocenters. The zero-order valence-electron chi connectivity index (χ0n) is 11.4. The van der Waals surface area contributed by atoms with E-state index in [1.165, 1.54) is 10.5 Å². The molecule has 1 amide bonds. The Kier molecular flexibility index (Phi) is 4.80. The number of amides is 1. The highest BCUT2D eigenvalue weighted by atomic mass is 16.4. The van der Waals surface area contributed by atoms with Crippen LogP contribution in [0.4, 0.5) is 4.79 Å². The molecular weight excluding hydrogens is 240 g/mol. The standard InChI is InChI=1S/C15H22N2O2/c1-12(13-6-3-2-4-7-13)16-14-8-5-10-17(11-9-14)15(18)19/h2-4,6-7,12,14,16H,5,8-11H2,1H3,(H,18,19)/t12-,14?/m1/s1. The van der Waals surface area contributed by atoms with Gasteiger partial charge < -0.3 is 15.3 Å². The number of rotatable bonds is 3. The molecule has 0 aliphatic carbocycles. The van der Waals surface area contributed by atoms with Crippen molar-refractivity contribution in [1.82, 2.24) is 10.2 Å². The first-order valence-corrected chi connectivity index (χ1v) is 6.95. The predicted octanol–water partition coefficient (Wildman–Crippen LogP) is 2.87. The van der Waals surface area contributed by atoms with E-state index in [1.807, 2.05) is 18.2 Å². The maximum atomic E-state index is 11.0. The summed E-state index contributed by atoms with van der Waals surface area (Å²) in [4.78, 5) is 12.5. The van der Waals surface area contributed by atoms with Crippen LogP contribution in [0.25, 0.3) is 0 Å². The molecule has 2 rings (SSSR count). The molecule has 0 radical (unpaired) electrons. The van der Waals surface area contributed by atoms with E-state index in [-0.39, 0.29) is 0 Å². The molecule has 1 saturated heterocycles. The highest BCUT2D eigenvalue weighted by molar-refractivity contribution is 5.64. The normalized spacial score (nSPS) is 21.7. The van der Waals surface area contributed by atoms with Crippen LogP contribution in [0, 0.1) is 0 Å². The lowest BCUT2D eigenvalue weighted by atomic mass is 10.0. The van der Waals surface area contributed by atoms with Crippen molar-refractivity contribution in [2.75, 3.05) is 13.1 Å². The van der Waals surface area contributed by atoms with E-state index in [0.29, 0.717) is 25.2 Å². The number of carbonyl (C=O) groups is 1. The van der Waals surface area contributed by atoms with Crippen molar-refractivity contribution in [2.45, 2.75) is 38.3 Å². The van der Waals surface area contributed by atoms with Gasteiger partial charge in [-0.2, -0.15) is 0 Å². The second-order valence-electron chi connectivity index (χ2n) is 5.20. The molecule has 4 heteroatoms. The molecule has 1 fully saturated rings. The van der Waals surface area contributed by atoms with Gasteiger partial charge in [0.25, 0.3) is 0 Å². The van der Waals surface area contributed by atoms with E-state index in [4.69, 9.17) is 5.11 Å². The minimum atomic E-state index is -0.795. The quantitative estimate of drug-likeness (QED) is 0.880.